The number of hydrogen-bond donors (Lipinski definition) is 2. The molecule has 0 radical (unpaired) electrons. The second kappa shape index (κ2) is 7.36. The number of hydrogen-bond acceptors (Lipinski definition) is 4. The van der Waals surface area contributed by atoms with Gasteiger partial charge in [0.15, 0.2) is 5.03 Å². The Bertz CT molecular complexity index is 1180. The van der Waals surface area contributed by atoms with Gasteiger partial charge in [0.2, 0.25) is 0 Å². The lowest BCUT2D eigenvalue weighted by Gasteiger charge is -2.15. The number of carboxylic acid groups (broad SMARTS) is 1. The molecule has 1 aliphatic carbocycles. The van der Waals surface area contributed by atoms with E-state index in [4.69, 9.17) is 0 Å². The Hall–Kier alpha value is -3.13. The van der Waals surface area contributed by atoms with E-state index in [1.54, 1.807) is 19.2 Å². The first-order valence-electron chi connectivity index (χ1n) is 9.37. The van der Waals surface area contributed by atoms with Gasteiger partial charge in [-0.15, -0.1) is 0 Å². The van der Waals surface area contributed by atoms with Crippen molar-refractivity contribution in [3.8, 4) is 11.1 Å². The van der Waals surface area contributed by atoms with Gasteiger partial charge in [-0.3, -0.25) is 9.40 Å². The molecule has 0 spiro atoms. The van der Waals surface area contributed by atoms with E-state index in [9.17, 15) is 18.3 Å². The van der Waals surface area contributed by atoms with Gasteiger partial charge in [-0.05, 0) is 48.9 Å². The third kappa shape index (κ3) is 3.63. The summed E-state index contributed by atoms with van der Waals surface area (Å²) in [5.41, 5.74) is 3.04. The smallest absolute Gasteiger partial charge is 0.337 e. The van der Waals surface area contributed by atoms with Crippen molar-refractivity contribution in [2.75, 3.05) is 4.72 Å². The summed E-state index contributed by atoms with van der Waals surface area (Å²) in [5.74, 6) is -1.20. The molecule has 0 atom stereocenters. The van der Waals surface area contributed by atoms with Gasteiger partial charge < -0.3 is 5.11 Å². The largest absolute Gasteiger partial charge is 0.478 e. The zero-order chi connectivity index (χ0) is 20.6. The maximum absolute atomic E-state index is 13.2. The normalized spacial score (nSPS) is 13.7. The summed E-state index contributed by atoms with van der Waals surface area (Å²) in [5, 5.41) is 14.0. The van der Waals surface area contributed by atoms with E-state index >= 15 is 0 Å². The first kappa shape index (κ1) is 19.2. The third-order valence-corrected chi connectivity index (χ3v) is 6.63. The summed E-state index contributed by atoms with van der Waals surface area (Å²) < 4.78 is 30.3. The van der Waals surface area contributed by atoms with E-state index < -0.39 is 16.0 Å². The molecule has 0 fully saturated rings. The van der Waals surface area contributed by atoms with Gasteiger partial charge in [0.05, 0.1) is 16.9 Å². The molecule has 3 aromatic rings. The number of carboxylic acids is 1. The highest BCUT2D eigenvalue weighted by atomic mass is 32.2. The molecule has 0 amide bonds. The summed E-state index contributed by atoms with van der Waals surface area (Å²) in [6, 6.07) is 14.0. The Kier molecular flexibility index (Phi) is 4.87. The fraction of sp³-hybridized carbons (Fsp3) is 0.238. The van der Waals surface area contributed by atoms with Crippen molar-refractivity contribution in [3.63, 3.8) is 0 Å². The van der Waals surface area contributed by atoms with Crippen molar-refractivity contribution in [2.45, 2.75) is 30.7 Å². The summed E-state index contributed by atoms with van der Waals surface area (Å²) in [6.07, 6.45) is 3.29. The molecule has 0 saturated heterocycles. The van der Waals surface area contributed by atoms with Crippen LogP contribution in [0.1, 0.15) is 34.5 Å². The highest BCUT2D eigenvalue weighted by Crippen LogP contribution is 2.31. The van der Waals surface area contributed by atoms with Crippen LogP contribution in [0.15, 0.2) is 53.6 Å². The molecule has 2 N–H and O–H groups in total. The summed E-state index contributed by atoms with van der Waals surface area (Å²) >= 11 is 0. The summed E-state index contributed by atoms with van der Waals surface area (Å²) in [4.78, 5) is 11.7. The molecule has 0 saturated carbocycles. The topological polar surface area (TPSA) is 101 Å². The number of nitrogens with zero attached hydrogens (tertiary/aromatic N) is 2. The third-order valence-electron chi connectivity index (χ3n) is 5.12. The van der Waals surface area contributed by atoms with E-state index in [-0.39, 0.29) is 16.3 Å². The second-order valence-corrected chi connectivity index (χ2v) is 8.70. The number of aromatic carboxylic acids is 1. The lowest BCUT2D eigenvalue weighted by Crippen LogP contribution is -2.20. The second-order valence-electron chi connectivity index (χ2n) is 7.10. The lowest BCUT2D eigenvalue weighted by molar-refractivity contribution is 0.0698. The molecule has 4 rings (SSSR count). The van der Waals surface area contributed by atoms with Crippen molar-refractivity contribution in [1.82, 2.24) is 9.78 Å². The molecule has 7 nitrogen and oxygen atoms in total. The molecule has 8 heteroatoms. The number of aromatic nitrogens is 2. The first-order valence-corrected chi connectivity index (χ1v) is 10.9. The van der Waals surface area contributed by atoms with Gasteiger partial charge >= 0.3 is 5.97 Å². The minimum Gasteiger partial charge on any atom is -0.478 e. The summed E-state index contributed by atoms with van der Waals surface area (Å²) in [7, 11) is -2.41. The molecule has 0 bridgehead atoms. The molecular formula is C21H21N3O4S. The van der Waals surface area contributed by atoms with E-state index in [2.05, 4.69) is 9.82 Å². The number of carbonyl (C=O) groups is 1. The SMILES string of the molecule is Cn1nc2c(c1S(=O)(=O)Nc1cc(-c3ccccc3)ccc1C(=O)O)CCCC2. The Morgan fingerprint density at radius 1 is 1.07 bits per heavy atom. The number of sulfonamides is 1. The monoisotopic (exact) mass is 411 g/mol. The fourth-order valence-corrected chi connectivity index (χ4v) is 5.29. The molecule has 1 aromatic heterocycles. The maximum atomic E-state index is 13.2. The van der Waals surface area contributed by atoms with E-state index in [1.807, 2.05) is 30.3 Å². The van der Waals surface area contributed by atoms with Crippen LogP contribution in [-0.2, 0) is 29.9 Å². The Labute approximate surface area is 169 Å². The van der Waals surface area contributed by atoms with Crippen molar-refractivity contribution in [1.29, 1.82) is 0 Å². The van der Waals surface area contributed by atoms with Gasteiger partial charge in [-0.25, -0.2) is 4.79 Å². The molecule has 1 heterocycles. The van der Waals surface area contributed by atoms with Crippen LogP contribution in [-0.4, -0.2) is 29.3 Å². The average molecular weight is 411 g/mol. The Morgan fingerprint density at radius 2 is 1.79 bits per heavy atom. The van der Waals surface area contributed by atoms with Crippen molar-refractivity contribution >= 4 is 21.7 Å². The number of aryl methyl sites for hydroxylation is 2. The number of benzene rings is 2. The molecule has 0 unspecified atom stereocenters. The quantitative estimate of drug-likeness (QED) is 0.669. The van der Waals surface area contributed by atoms with Crippen LogP contribution in [0.3, 0.4) is 0 Å². The zero-order valence-electron chi connectivity index (χ0n) is 15.9. The predicted octanol–water partition coefficient (Wildman–Crippen LogP) is 3.46. The van der Waals surface area contributed by atoms with Crippen LogP contribution in [0.2, 0.25) is 0 Å². The van der Waals surface area contributed by atoms with Crippen LogP contribution < -0.4 is 4.72 Å². The van der Waals surface area contributed by atoms with Crippen molar-refractivity contribution in [2.24, 2.45) is 7.05 Å². The number of anilines is 1. The molecule has 2 aromatic carbocycles. The van der Waals surface area contributed by atoms with Gasteiger partial charge in [0.1, 0.15) is 0 Å². The van der Waals surface area contributed by atoms with Gasteiger partial charge in [-0.1, -0.05) is 36.4 Å². The number of nitrogens with one attached hydrogen (secondary N) is 1. The summed E-state index contributed by atoms with van der Waals surface area (Å²) in [6.45, 7) is 0. The van der Waals surface area contributed by atoms with E-state index in [0.717, 1.165) is 41.6 Å². The molecule has 0 aliphatic heterocycles. The highest BCUT2D eigenvalue weighted by molar-refractivity contribution is 7.92. The number of rotatable bonds is 5. The molecular weight excluding hydrogens is 390 g/mol. The standard InChI is InChI=1S/C21H21N3O4S/c1-24-20(16-9-5-6-10-18(16)22-24)29(27,28)23-19-13-15(11-12-17(19)21(25)26)14-7-3-2-4-8-14/h2-4,7-8,11-13,23H,5-6,9-10H2,1H3,(H,25,26). The minimum atomic E-state index is -4.01. The van der Waals surface area contributed by atoms with Crippen molar-refractivity contribution < 1.29 is 18.3 Å². The Balaban J connectivity index is 1.79. The predicted molar refractivity (Wildman–Crippen MR) is 109 cm³/mol. The van der Waals surface area contributed by atoms with Crippen LogP contribution in [0.25, 0.3) is 11.1 Å². The van der Waals surface area contributed by atoms with Crippen LogP contribution in [0.5, 0.6) is 0 Å². The van der Waals surface area contributed by atoms with Crippen LogP contribution >= 0.6 is 0 Å². The average Bonchev–Trinajstić information content (AvgIpc) is 3.04. The van der Waals surface area contributed by atoms with E-state index in [0.29, 0.717) is 6.42 Å². The van der Waals surface area contributed by atoms with Crippen molar-refractivity contribution in [3.05, 3.63) is 65.4 Å². The highest BCUT2D eigenvalue weighted by Gasteiger charge is 2.29. The molecule has 1 aliphatic rings. The maximum Gasteiger partial charge on any atom is 0.337 e. The first-order chi connectivity index (χ1) is 13.9. The number of fused-ring (bicyclic) bond motifs is 1. The zero-order valence-corrected chi connectivity index (χ0v) is 16.7. The molecule has 150 valence electrons. The Morgan fingerprint density at radius 3 is 2.52 bits per heavy atom. The van der Waals surface area contributed by atoms with Crippen LogP contribution in [0, 0.1) is 0 Å². The lowest BCUT2D eigenvalue weighted by atomic mass is 9.99. The van der Waals surface area contributed by atoms with Gasteiger partial charge in [0, 0.05) is 12.6 Å². The molecule has 29 heavy (non-hydrogen) atoms. The fourth-order valence-electron chi connectivity index (χ4n) is 3.81. The van der Waals surface area contributed by atoms with Gasteiger partial charge in [-0.2, -0.15) is 13.5 Å². The minimum absolute atomic E-state index is 0.0320. The van der Waals surface area contributed by atoms with Gasteiger partial charge in [0.25, 0.3) is 10.0 Å². The van der Waals surface area contributed by atoms with E-state index in [1.165, 1.54) is 10.7 Å². The van der Waals surface area contributed by atoms with Crippen LogP contribution in [0.4, 0.5) is 5.69 Å².